The van der Waals surface area contributed by atoms with Gasteiger partial charge in [-0.05, 0) is 12.1 Å². The Hall–Kier alpha value is -1.38. The molecule has 3 nitrogen and oxygen atoms in total. The zero-order valence-corrected chi connectivity index (χ0v) is 4.57. The number of carbonyl (C=O) groups is 1. The molecule has 0 saturated heterocycles. The van der Waals surface area contributed by atoms with E-state index in [0.29, 0.717) is 0 Å². The summed E-state index contributed by atoms with van der Waals surface area (Å²) < 4.78 is 0. The molecule has 0 fully saturated rings. The van der Waals surface area contributed by atoms with Crippen LogP contribution in [-0.4, -0.2) is 11.0 Å². The third-order valence-corrected chi connectivity index (χ3v) is 0.916. The van der Waals surface area contributed by atoms with Crippen LogP contribution >= 0.6 is 0 Å². The molecular formula is C7H8NO2-. The van der Waals surface area contributed by atoms with Gasteiger partial charge < -0.3 is 9.90 Å². The molecule has 1 heterocycles. The largest absolute Gasteiger partial charge is 0.545 e. The Morgan fingerprint density at radius 1 is 1.40 bits per heavy atom. The average molecular weight is 138 g/mol. The molecule has 0 spiro atoms. The number of hydrogen-bond acceptors (Lipinski definition) is 3. The van der Waals surface area contributed by atoms with Crippen molar-refractivity contribution in [1.82, 2.24) is 4.98 Å². The van der Waals surface area contributed by atoms with Gasteiger partial charge in [-0.2, -0.15) is 0 Å². The molecule has 0 N–H and O–H groups in total. The second kappa shape index (κ2) is 3.61. The lowest BCUT2D eigenvalue weighted by molar-refractivity contribution is -0.255. The minimum Gasteiger partial charge on any atom is -0.545 e. The molecular weight excluding hydrogens is 130 g/mol. The van der Waals surface area contributed by atoms with Crippen molar-refractivity contribution in [2.75, 3.05) is 0 Å². The molecule has 1 rings (SSSR count). The number of pyridine rings is 1. The summed E-state index contributed by atoms with van der Waals surface area (Å²) in [7, 11) is 0. The van der Waals surface area contributed by atoms with E-state index in [-0.39, 0.29) is 13.0 Å². The number of rotatable bonds is 1. The van der Waals surface area contributed by atoms with Crippen LogP contribution in [0.3, 0.4) is 0 Å². The molecule has 0 aliphatic heterocycles. The predicted molar refractivity (Wildman–Crippen MR) is 35.3 cm³/mol. The summed E-state index contributed by atoms with van der Waals surface area (Å²) in [5.74, 6) is -1.17. The van der Waals surface area contributed by atoms with Crippen molar-refractivity contribution < 1.29 is 9.90 Å². The number of hydrogen-bond donors (Lipinski definition) is 0. The summed E-state index contributed by atoms with van der Waals surface area (Å²) in [5.41, 5.74) is 0.157. The van der Waals surface area contributed by atoms with Crippen LogP contribution in [0.15, 0.2) is 24.5 Å². The highest BCUT2D eigenvalue weighted by atomic mass is 16.4. The smallest absolute Gasteiger partial charge is 0.0716 e. The lowest BCUT2D eigenvalue weighted by Gasteiger charge is -1.97. The Balaban J connectivity index is 0.000000810. The highest BCUT2D eigenvalue weighted by molar-refractivity contribution is 5.85. The van der Waals surface area contributed by atoms with E-state index in [1.54, 1.807) is 0 Å². The molecule has 0 aliphatic rings. The highest BCUT2D eigenvalue weighted by Gasteiger charge is 1.86. The second-order valence-electron chi connectivity index (χ2n) is 1.52. The third-order valence-electron chi connectivity index (χ3n) is 0.916. The Kier molecular flexibility index (Phi) is 3.11. The zero-order valence-electron chi connectivity index (χ0n) is 4.57. The number of nitrogens with zero attached hydrogens (tertiary/aromatic N) is 1. The fourth-order valence-corrected chi connectivity index (χ4v) is 0.488. The standard InChI is InChI=1S/C6H5NO2.CH4/c8-6(9)5-1-3-7-4-2-5;/h1-4H,(H,8,9);1H4/p-1. The molecule has 54 valence electrons. The van der Waals surface area contributed by atoms with Crippen LogP contribution in [0.25, 0.3) is 0 Å². The van der Waals surface area contributed by atoms with Gasteiger partial charge in [0.05, 0.1) is 5.97 Å². The first kappa shape index (κ1) is 8.62. The van der Waals surface area contributed by atoms with Crippen LogP contribution in [0.2, 0.25) is 0 Å². The first-order valence-corrected chi connectivity index (χ1v) is 2.42. The Bertz CT molecular complexity index is 208. The topological polar surface area (TPSA) is 53.0 Å². The van der Waals surface area contributed by atoms with Gasteiger partial charge in [0.2, 0.25) is 0 Å². The molecule has 3 heteroatoms. The lowest BCUT2D eigenvalue weighted by atomic mass is 10.3. The van der Waals surface area contributed by atoms with Crippen molar-refractivity contribution in [3.05, 3.63) is 30.1 Å². The van der Waals surface area contributed by atoms with E-state index in [4.69, 9.17) is 0 Å². The fraction of sp³-hybridized carbons (Fsp3) is 0.143. The lowest BCUT2D eigenvalue weighted by Crippen LogP contribution is -2.21. The predicted octanol–water partition coefficient (Wildman–Crippen LogP) is 0.0812. The van der Waals surface area contributed by atoms with Crippen LogP contribution < -0.4 is 5.11 Å². The first-order chi connectivity index (χ1) is 4.30. The third kappa shape index (κ3) is 1.85. The van der Waals surface area contributed by atoms with Gasteiger partial charge in [-0.3, -0.25) is 4.98 Å². The van der Waals surface area contributed by atoms with Gasteiger partial charge in [0, 0.05) is 18.0 Å². The van der Waals surface area contributed by atoms with Crippen molar-refractivity contribution >= 4 is 5.97 Å². The van der Waals surface area contributed by atoms with Crippen molar-refractivity contribution in [1.29, 1.82) is 0 Å². The van der Waals surface area contributed by atoms with Crippen molar-refractivity contribution in [2.24, 2.45) is 0 Å². The number of aromatic carboxylic acids is 1. The number of carboxylic acid groups (broad SMARTS) is 1. The van der Waals surface area contributed by atoms with E-state index in [9.17, 15) is 9.90 Å². The van der Waals surface area contributed by atoms with Gasteiger partial charge >= 0.3 is 0 Å². The summed E-state index contributed by atoms with van der Waals surface area (Å²) in [6, 6.07) is 2.77. The van der Waals surface area contributed by atoms with Crippen LogP contribution in [-0.2, 0) is 0 Å². The van der Waals surface area contributed by atoms with E-state index in [1.165, 1.54) is 24.5 Å². The number of carbonyl (C=O) groups excluding carboxylic acids is 1. The SMILES string of the molecule is C.O=C([O-])c1ccncc1. The molecule has 1 aromatic heterocycles. The average Bonchev–Trinajstić information content (AvgIpc) is 1.90. The molecule has 1 aromatic rings. The molecule has 0 aliphatic carbocycles. The van der Waals surface area contributed by atoms with Gasteiger partial charge in [-0.1, -0.05) is 7.43 Å². The van der Waals surface area contributed by atoms with Crippen LogP contribution in [0, 0.1) is 0 Å². The second-order valence-corrected chi connectivity index (χ2v) is 1.52. The summed E-state index contributed by atoms with van der Waals surface area (Å²) >= 11 is 0. The molecule has 0 atom stereocenters. The number of carboxylic acids is 1. The van der Waals surface area contributed by atoms with E-state index in [2.05, 4.69) is 4.98 Å². The maximum Gasteiger partial charge on any atom is 0.0716 e. The molecule has 0 unspecified atom stereocenters. The molecule has 0 amide bonds. The number of aromatic nitrogens is 1. The minimum absolute atomic E-state index is 0. The van der Waals surface area contributed by atoms with Gasteiger partial charge in [-0.25, -0.2) is 0 Å². The van der Waals surface area contributed by atoms with Gasteiger partial charge in [0.1, 0.15) is 0 Å². The monoisotopic (exact) mass is 138 g/mol. The Labute approximate surface area is 59.3 Å². The van der Waals surface area contributed by atoms with Crippen molar-refractivity contribution in [3.8, 4) is 0 Å². The fourth-order valence-electron chi connectivity index (χ4n) is 0.488. The normalized spacial score (nSPS) is 8.00. The van der Waals surface area contributed by atoms with Crippen LogP contribution in [0.4, 0.5) is 0 Å². The minimum atomic E-state index is -1.17. The van der Waals surface area contributed by atoms with Gasteiger partial charge in [0.15, 0.2) is 0 Å². The summed E-state index contributed by atoms with van der Waals surface area (Å²) in [6.07, 6.45) is 2.82. The maximum atomic E-state index is 10.1. The quantitative estimate of drug-likeness (QED) is 0.552. The van der Waals surface area contributed by atoms with E-state index in [0.717, 1.165) is 0 Å². The Morgan fingerprint density at radius 3 is 2.20 bits per heavy atom. The molecule has 0 radical (unpaired) electrons. The molecule has 0 aromatic carbocycles. The van der Waals surface area contributed by atoms with Gasteiger partial charge in [-0.15, -0.1) is 0 Å². The van der Waals surface area contributed by atoms with Gasteiger partial charge in [0.25, 0.3) is 0 Å². The molecule has 10 heavy (non-hydrogen) atoms. The molecule has 0 saturated carbocycles. The van der Waals surface area contributed by atoms with E-state index < -0.39 is 5.97 Å². The zero-order chi connectivity index (χ0) is 6.69. The maximum absolute atomic E-state index is 10.1. The van der Waals surface area contributed by atoms with Crippen LogP contribution in [0.5, 0.6) is 0 Å². The van der Waals surface area contributed by atoms with Crippen molar-refractivity contribution in [3.63, 3.8) is 0 Å². The molecule has 0 bridgehead atoms. The van der Waals surface area contributed by atoms with E-state index in [1.807, 2.05) is 0 Å². The van der Waals surface area contributed by atoms with E-state index >= 15 is 0 Å². The first-order valence-electron chi connectivity index (χ1n) is 2.42. The van der Waals surface area contributed by atoms with Crippen LogP contribution in [0.1, 0.15) is 17.8 Å². The summed E-state index contributed by atoms with van der Waals surface area (Å²) in [6.45, 7) is 0. The Morgan fingerprint density at radius 2 is 1.90 bits per heavy atom. The highest BCUT2D eigenvalue weighted by Crippen LogP contribution is 1.91. The summed E-state index contributed by atoms with van der Waals surface area (Å²) in [5, 5.41) is 10.1. The summed E-state index contributed by atoms with van der Waals surface area (Å²) in [4.78, 5) is 13.7. The van der Waals surface area contributed by atoms with Crippen molar-refractivity contribution in [2.45, 2.75) is 7.43 Å².